The van der Waals surface area contributed by atoms with Crippen LogP contribution < -0.4 is 27.5 Å². The van der Waals surface area contributed by atoms with Gasteiger partial charge < -0.3 is 25.2 Å². The van der Waals surface area contributed by atoms with Crippen LogP contribution in [0.1, 0.15) is 0 Å². The van der Waals surface area contributed by atoms with Gasteiger partial charge in [-0.15, -0.1) is 5.06 Å². The van der Waals surface area contributed by atoms with Gasteiger partial charge in [0.25, 0.3) is 11.4 Å². The first-order valence-electron chi connectivity index (χ1n) is 7.37. The van der Waals surface area contributed by atoms with Gasteiger partial charge in [-0.2, -0.15) is 0 Å². The van der Waals surface area contributed by atoms with Crippen LogP contribution in [0.2, 0.25) is 0 Å². The number of hydroxylamine groups is 2. The van der Waals surface area contributed by atoms with Crippen LogP contribution in [0, 0.1) is 0 Å². The van der Waals surface area contributed by atoms with Crippen LogP contribution in [0.4, 0.5) is 4.79 Å². The Morgan fingerprint density at radius 1 is 1.48 bits per heavy atom. The average molecular weight is 412 g/mol. The summed E-state index contributed by atoms with van der Waals surface area (Å²) in [5.41, 5.74) is 14.3. The largest absolute Gasteiger partial charge is 0.726 e. The molecule has 0 unspecified atom stereocenters. The first kappa shape index (κ1) is 19.3. The van der Waals surface area contributed by atoms with E-state index in [1.165, 1.54) is 0 Å². The number of hydrogen-bond acceptors (Lipinski definition) is 13. The van der Waals surface area contributed by atoms with Crippen LogP contribution in [0.15, 0.2) is 0 Å². The molecule has 1 fully saturated rings. The van der Waals surface area contributed by atoms with Crippen molar-refractivity contribution in [3.63, 3.8) is 0 Å². The lowest BCUT2D eigenvalue weighted by Crippen LogP contribution is -2.91. The molecule has 3 aliphatic heterocycles. The Labute approximate surface area is 151 Å². The molecular weight excluding hydrogens is 394 g/mol. The molecule has 0 aromatic carbocycles. The zero-order valence-corrected chi connectivity index (χ0v) is 14.3. The number of rotatable bonds is 4. The van der Waals surface area contributed by atoms with Crippen molar-refractivity contribution in [2.75, 3.05) is 13.2 Å². The molecule has 1 saturated heterocycles. The molecule has 1 amide bonds. The van der Waals surface area contributed by atoms with E-state index < -0.39 is 65.2 Å². The van der Waals surface area contributed by atoms with Gasteiger partial charge in [-0.05, 0) is 0 Å². The van der Waals surface area contributed by atoms with Crippen LogP contribution in [-0.4, -0.2) is 98.8 Å². The van der Waals surface area contributed by atoms with E-state index in [1.807, 2.05) is 0 Å². The van der Waals surface area contributed by atoms with Crippen molar-refractivity contribution in [2.24, 2.45) is 17.2 Å². The number of aliphatic hydroxyl groups is 2. The Kier molecular flexibility index (Phi) is 4.13. The lowest BCUT2D eigenvalue weighted by molar-refractivity contribution is -0.684. The lowest BCUT2D eigenvalue weighted by atomic mass is 9.86. The second-order valence-electron chi connectivity index (χ2n) is 6.16. The predicted octanol–water partition coefficient (Wildman–Crippen LogP) is -7.91. The van der Waals surface area contributed by atoms with Crippen molar-refractivity contribution in [1.82, 2.24) is 10.4 Å². The zero-order chi connectivity index (χ0) is 20.4. The summed E-state index contributed by atoms with van der Waals surface area (Å²) in [6.45, 7) is -1.19. The number of hydrogen-bond donors (Lipinski definition) is 8. The normalized spacial score (nSPS) is 34.6. The van der Waals surface area contributed by atoms with Gasteiger partial charge in [-0.3, -0.25) is 20.6 Å². The molecule has 3 rings (SSSR count). The lowest BCUT2D eigenvalue weighted by Gasteiger charge is -2.42. The number of carbonyl (C=O) groups is 1. The standard InChI is InChI=1S/C10H17N7O9S/c11-6-14-5-3(2-25-8(13)18)17(21)7(12)16-1-4(26-27(22,23)24)10(19,20)9(5,16)15-6/h3-5,12,19-21H,1-2H2,(H6,11,13,14,15,18,22,23,24)/p+1/t3-,4+,5-,9-/m0/s1. The second-order valence-corrected chi connectivity index (χ2v) is 7.17. The monoisotopic (exact) mass is 412 g/mol. The summed E-state index contributed by atoms with van der Waals surface area (Å²) in [7, 11) is -5.33. The molecule has 17 heteroatoms. The van der Waals surface area contributed by atoms with E-state index in [-0.39, 0.29) is 5.96 Å². The first-order chi connectivity index (χ1) is 12.3. The van der Waals surface area contributed by atoms with Crippen molar-refractivity contribution in [3.8, 4) is 0 Å². The molecule has 3 heterocycles. The summed E-state index contributed by atoms with van der Waals surface area (Å²) in [5, 5.41) is 34.7. The minimum Gasteiger partial charge on any atom is -0.726 e. The maximum absolute atomic E-state index is 11.0. The molecule has 0 aromatic heterocycles. The van der Waals surface area contributed by atoms with Crippen LogP contribution >= 0.6 is 0 Å². The number of ether oxygens (including phenoxy) is 1. The highest BCUT2D eigenvalue weighted by Crippen LogP contribution is 2.40. The molecule has 152 valence electrons. The summed E-state index contributed by atoms with van der Waals surface area (Å²) >= 11 is 0. The van der Waals surface area contributed by atoms with E-state index in [0.29, 0.717) is 5.06 Å². The third kappa shape index (κ3) is 2.71. The van der Waals surface area contributed by atoms with E-state index in [1.54, 1.807) is 0 Å². The fraction of sp³-hybridized carbons (Fsp3) is 0.700. The quantitative estimate of drug-likeness (QED) is 0.0923. The summed E-state index contributed by atoms with van der Waals surface area (Å²) in [4.78, 5) is 13.5. The molecule has 0 radical (unpaired) electrons. The number of nitrogens with two attached hydrogens (primary N) is 3. The van der Waals surface area contributed by atoms with Gasteiger partial charge in [-0.1, -0.05) is 0 Å². The van der Waals surface area contributed by atoms with Gasteiger partial charge in [0.15, 0.2) is 18.2 Å². The Morgan fingerprint density at radius 3 is 2.67 bits per heavy atom. The van der Waals surface area contributed by atoms with Gasteiger partial charge >= 0.3 is 18.0 Å². The van der Waals surface area contributed by atoms with Crippen molar-refractivity contribution in [2.45, 2.75) is 29.6 Å². The molecule has 0 saturated carbocycles. The van der Waals surface area contributed by atoms with Crippen molar-refractivity contribution in [3.05, 3.63) is 0 Å². The van der Waals surface area contributed by atoms with Gasteiger partial charge in [0.1, 0.15) is 13.2 Å². The smallest absolute Gasteiger partial charge is 0.404 e. The second kappa shape index (κ2) is 5.78. The highest BCUT2D eigenvalue weighted by Gasteiger charge is 2.80. The highest BCUT2D eigenvalue weighted by molar-refractivity contribution is 7.80. The number of carbonyl (C=O) groups excluding carboxylic acids is 1. The molecule has 0 aliphatic carbocycles. The van der Waals surface area contributed by atoms with E-state index in [4.69, 9.17) is 17.2 Å². The van der Waals surface area contributed by atoms with Gasteiger partial charge in [0.05, 0.1) is 0 Å². The Balaban J connectivity index is 2.11. The molecular formula is C10H18N7O9S+. The number of amides is 1. The maximum atomic E-state index is 11.0. The van der Waals surface area contributed by atoms with Crippen molar-refractivity contribution < 1.29 is 51.7 Å². The minimum atomic E-state index is -5.33. The molecule has 11 N–H and O–H groups in total. The van der Waals surface area contributed by atoms with Crippen LogP contribution in [0.5, 0.6) is 0 Å². The zero-order valence-electron chi connectivity index (χ0n) is 13.5. The third-order valence-corrected chi connectivity index (χ3v) is 5.18. The average Bonchev–Trinajstić information content (AvgIpc) is 2.96. The molecule has 27 heavy (non-hydrogen) atoms. The fourth-order valence-electron chi connectivity index (χ4n) is 3.69. The van der Waals surface area contributed by atoms with E-state index in [9.17, 15) is 33.2 Å². The summed E-state index contributed by atoms with van der Waals surface area (Å²) in [5.74, 6) is -3.74. The van der Waals surface area contributed by atoms with E-state index in [0.717, 1.165) is 4.58 Å². The molecule has 0 aromatic rings. The molecule has 1 spiro atoms. The Morgan fingerprint density at radius 2 is 2.11 bits per heavy atom. The van der Waals surface area contributed by atoms with Crippen molar-refractivity contribution >= 4 is 28.4 Å². The highest BCUT2D eigenvalue weighted by atomic mass is 32.3. The van der Waals surface area contributed by atoms with Crippen molar-refractivity contribution in [1.29, 1.82) is 0 Å². The summed E-state index contributed by atoms with van der Waals surface area (Å²) in [6, 6.07) is -2.49. The molecule has 16 nitrogen and oxygen atoms in total. The molecule has 3 aliphatic rings. The van der Waals surface area contributed by atoms with Crippen LogP contribution in [-0.2, 0) is 19.3 Å². The number of primary amides is 1. The Hall–Kier alpha value is -2.44. The number of guanidine groups is 2. The third-order valence-electron chi connectivity index (χ3n) is 4.71. The van der Waals surface area contributed by atoms with E-state index >= 15 is 0 Å². The predicted molar refractivity (Wildman–Crippen MR) is 78.8 cm³/mol. The van der Waals surface area contributed by atoms with Crippen LogP contribution in [0.25, 0.3) is 0 Å². The topological polar surface area (TPSA) is 264 Å². The molecule has 4 atom stereocenters. The van der Waals surface area contributed by atoms with Gasteiger partial charge in [-0.25, -0.2) is 28.3 Å². The summed E-state index contributed by atoms with van der Waals surface area (Å²) < 4.78 is 42.8. The van der Waals surface area contributed by atoms with Gasteiger partial charge in [0.2, 0.25) is 10.4 Å². The van der Waals surface area contributed by atoms with Crippen LogP contribution in [0.3, 0.4) is 0 Å². The molecule has 0 bridgehead atoms. The SMILES string of the molecule is NC(=O)OC[C@H]1[C@@H]2[NH+]=C(N)N[C@]23[N+](=C(N)N1O)C[C@@H](OS(=O)(=O)[O-])C3(O)O. The maximum Gasteiger partial charge on any atom is 0.404 e. The minimum absolute atomic E-state index is 0.199. The summed E-state index contributed by atoms with van der Waals surface area (Å²) in [6.07, 6.45) is -3.17. The Bertz CT molecular complexity index is 842. The first-order valence-corrected chi connectivity index (χ1v) is 8.71. The number of nitrogens with zero attached hydrogens (tertiary/aromatic N) is 2. The fourth-order valence-corrected chi connectivity index (χ4v) is 4.17. The van der Waals surface area contributed by atoms with Gasteiger partial charge in [0, 0.05) is 0 Å². The number of nitrogens with one attached hydrogen (secondary N) is 2. The van der Waals surface area contributed by atoms with E-state index in [2.05, 4.69) is 19.2 Å².